The number of fused-ring (bicyclic) bond motifs is 1. The zero-order valence-corrected chi connectivity index (χ0v) is 19.9. The van der Waals surface area contributed by atoms with Crippen LogP contribution in [0, 0.1) is 6.92 Å². The van der Waals surface area contributed by atoms with Crippen LogP contribution in [0.5, 0.6) is 0 Å². The molecule has 1 aromatic heterocycles. The van der Waals surface area contributed by atoms with E-state index < -0.39 is 10.0 Å². The number of benzene rings is 2. The summed E-state index contributed by atoms with van der Waals surface area (Å²) < 4.78 is 26.8. The summed E-state index contributed by atoms with van der Waals surface area (Å²) in [5.74, 6) is 1.20. The topological polar surface area (TPSA) is 113 Å². The number of aryl methyl sites for hydroxylation is 1. The van der Waals surface area contributed by atoms with Crippen molar-refractivity contribution in [2.75, 3.05) is 17.2 Å². The molecule has 3 aromatic rings. The average Bonchev–Trinajstić information content (AvgIpc) is 3.67. The van der Waals surface area contributed by atoms with Gasteiger partial charge in [-0.15, -0.1) is 0 Å². The van der Waals surface area contributed by atoms with Crippen LogP contribution in [0.25, 0.3) is 0 Å². The van der Waals surface area contributed by atoms with E-state index in [9.17, 15) is 8.42 Å². The van der Waals surface area contributed by atoms with Crippen molar-refractivity contribution in [1.82, 2.24) is 14.3 Å². The number of nitrogens with zero attached hydrogens (tertiary/aromatic N) is 3. The van der Waals surface area contributed by atoms with Crippen LogP contribution >= 0.6 is 11.9 Å². The molecule has 1 fully saturated rings. The summed E-state index contributed by atoms with van der Waals surface area (Å²) in [5, 5.41) is 12.1. The van der Waals surface area contributed by atoms with Gasteiger partial charge in [0.15, 0.2) is 0 Å². The molecule has 33 heavy (non-hydrogen) atoms. The van der Waals surface area contributed by atoms with Crippen LogP contribution in [0.4, 0.5) is 23.1 Å². The Labute approximate surface area is 198 Å². The number of nitrogens with two attached hydrogens (primary N) is 1. The van der Waals surface area contributed by atoms with E-state index in [0.29, 0.717) is 31.3 Å². The first-order chi connectivity index (χ1) is 15.9. The van der Waals surface area contributed by atoms with Gasteiger partial charge in [-0.25, -0.2) is 13.4 Å². The molecule has 2 heterocycles. The molecule has 10 heteroatoms. The number of sulfonamides is 1. The molecule has 2 aliphatic rings. The fourth-order valence-corrected chi connectivity index (χ4v) is 6.11. The lowest BCUT2D eigenvalue weighted by atomic mass is 10.0. The standard InChI is InChI=1S/C23H26N6O2S2/c1-15-13-25-23(27-18-3-2-4-20(12-18)32-24)28-22(15)26-19-6-5-17-14-29(10-9-16(17)11-19)33(30,31)21-7-8-21/h2-6,11-13,21H,7-10,14,24H2,1H3,(H2,25,26,27,28). The summed E-state index contributed by atoms with van der Waals surface area (Å²) in [6, 6.07) is 13.8. The van der Waals surface area contributed by atoms with Crippen molar-refractivity contribution in [3.8, 4) is 0 Å². The van der Waals surface area contributed by atoms with Gasteiger partial charge in [-0.05, 0) is 79.6 Å². The number of nitrogens with one attached hydrogen (secondary N) is 2. The van der Waals surface area contributed by atoms with Crippen molar-refractivity contribution < 1.29 is 8.42 Å². The summed E-state index contributed by atoms with van der Waals surface area (Å²) in [7, 11) is -3.15. The fourth-order valence-electron chi connectivity index (χ4n) is 3.94. The van der Waals surface area contributed by atoms with Gasteiger partial charge in [-0.2, -0.15) is 9.29 Å². The Morgan fingerprint density at radius 1 is 1.09 bits per heavy atom. The summed E-state index contributed by atoms with van der Waals surface area (Å²) in [6.45, 7) is 2.95. The molecule has 0 unspecified atom stereocenters. The lowest BCUT2D eigenvalue weighted by Crippen LogP contribution is -2.38. The molecule has 1 saturated carbocycles. The maximum Gasteiger partial charge on any atom is 0.229 e. The number of hydrogen-bond donors (Lipinski definition) is 3. The first-order valence-electron chi connectivity index (χ1n) is 10.9. The fraction of sp³-hybridized carbons (Fsp3) is 0.304. The smallest absolute Gasteiger partial charge is 0.229 e. The third-order valence-electron chi connectivity index (χ3n) is 5.95. The van der Waals surface area contributed by atoms with Crippen LogP contribution < -0.4 is 15.8 Å². The van der Waals surface area contributed by atoms with Crippen molar-refractivity contribution in [1.29, 1.82) is 0 Å². The van der Waals surface area contributed by atoms with Crippen molar-refractivity contribution in [3.63, 3.8) is 0 Å². The summed E-state index contributed by atoms with van der Waals surface area (Å²) in [5.41, 5.74) is 4.94. The van der Waals surface area contributed by atoms with E-state index in [1.807, 2.05) is 43.3 Å². The third kappa shape index (κ3) is 4.84. The first kappa shape index (κ1) is 22.1. The Hall–Kier alpha value is -2.66. The molecule has 0 radical (unpaired) electrons. The van der Waals surface area contributed by atoms with Crippen LogP contribution in [-0.2, 0) is 23.0 Å². The van der Waals surface area contributed by atoms with Gasteiger partial charge < -0.3 is 10.6 Å². The molecule has 4 N–H and O–H groups in total. The number of anilines is 4. The van der Waals surface area contributed by atoms with E-state index in [2.05, 4.69) is 26.7 Å². The highest BCUT2D eigenvalue weighted by Crippen LogP contribution is 2.34. The molecule has 172 valence electrons. The zero-order valence-electron chi connectivity index (χ0n) is 18.3. The predicted octanol–water partition coefficient (Wildman–Crippen LogP) is 4.09. The van der Waals surface area contributed by atoms with Crippen molar-refractivity contribution in [2.24, 2.45) is 5.14 Å². The molecular weight excluding hydrogens is 456 g/mol. The van der Waals surface area contributed by atoms with Crippen LogP contribution in [0.15, 0.2) is 53.6 Å². The molecule has 0 amide bonds. The monoisotopic (exact) mass is 482 g/mol. The molecule has 5 rings (SSSR count). The summed E-state index contributed by atoms with van der Waals surface area (Å²) in [4.78, 5) is 9.98. The van der Waals surface area contributed by atoms with Gasteiger partial charge >= 0.3 is 0 Å². The quantitative estimate of drug-likeness (QED) is 0.432. The lowest BCUT2D eigenvalue weighted by Gasteiger charge is -2.28. The van der Waals surface area contributed by atoms with E-state index in [-0.39, 0.29) is 5.25 Å². The van der Waals surface area contributed by atoms with E-state index in [4.69, 9.17) is 5.14 Å². The average molecular weight is 483 g/mol. The normalized spacial score (nSPS) is 16.3. The minimum Gasteiger partial charge on any atom is -0.340 e. The number of hydrogen-bond acceptors (Lipinski definition) is 8. The van der Waals surface area contributed by atoms with Crippen LogP contribution in [0.1, 0.15) is 29.5 Å². The Kier molecular flexibility index (Phi) is 6.00. The minimum atomic E-state index is -3.15. The van der Waals surface area contributed by atoms with Gasteiger partial charge in [0.2, 0.25) is 16.0 Å². The van der Waals surface area contributed by atoms with Gasteiger partial charge in [0.25, 0.3) is 0 Å². The van der Waals surface area contributed by atoms with Crippen LogP contribution in [0.2, 0.25) is 0 Å². The Bertz CT molecular complexity index is 1290. The van der Waals surface area contributed by atoms with E-state index in [1.165, 1.54) is 17.5 Å². The summed E-state index contributed by atoms with van der Waals surface area (Å²) >= 11 is 1.19. The Morgan fingerprint density at radius 3 is 2.70 bits per heavy atom. The Balaban J connectivity index is 1.32. The van der Waals surface area contributed by atoms with Gasteiger partial charge in [0, 0.05) is 41.1 Å². The second-order valence-electron chi connectivity index (χ2n) is 8.43. The first-order valence-corrected chi connectivity index (χ1v) is 13.3. The third-order valence-corrected chi connectivity index (χ3v) is 8.82. The Morgan fingerprint density at radius 2 is 1.91 bits per heavy atom. The van der Waals surface area contributed by atoms with Crippen LogP contribution in [-0.4, -0.2) is 34.5 Å². The number of aromatic nitrogens is 2. The molecule has 1 aliphatic heterocycles. The van der Waals surface area contributed by atoms with Crippen molar-refractivity contribution in [2.45, 2.75) is 42.9 Å². The van der Waals surface area contributed by atoms with Gasteiger partial charge in [0.1, 0.15) is 5.82 Å². The SMILES string of the molecule is Cc1cnc(Nc2cccc(SN)c2)nc1Nc1ccc2c(c1)CCN(S(=O)(=O)C1CC1)C2. The maximum atomic E-state index is 12.6. The zero-order chi connectivity index (χ0) is 23.0. The van der Waals surface area contributed by atoms with E-state index >= 15 is 0 Å². The van der Waals surface area contributed by atoms with Gasteiger partial charge in [-0.3, -0.25) is 5.14 Å². The molecule has 0 spiro atoms. The van der Waals surface area contributed by atoms with Crippen molar-refractivity contribution in [3.05, 3.63) is 65.4 Å². The molecule has 1 aliphatic carbocycles. The molecule has 8 nitrogen and oxygen atoms in total. The second-order valence-corrected chi connectivity index (χ2v) is 11.4. The summed E-state index contributed by atoms with van der Waals surface area (Å²) in [6.07, 6.45) is 4.07. The number of rotatable bonds is 7. The highest BCUT2D eigenvalue weighted by Gasteiger charge is 2.40. The molecule has 0 atom stereocenters. The second kappa shape index (κ2) is 8.94. The minimum absolute atomic E-state index is 0.167. The molecule has 2 aromatic carbocycles. The molecule has 0 saturated heterocycles. The van der Waals surface area contributed by atoms with Crippen LogP contribution in [0.3, 0.4) is 0 Å². The lowest BCUT2D eigenvalue weighted by molar-refractivity contribution is 0.390. The predicted molar refractivity (Wildman–Crippen MR) is 132 cm³/mol. The molecule has 0 bridgehead atoms. The van der Waals surface area contributed by atoms with Crippen molar-refractivity contribution >= 4 is 45.1 Å². The molecular formula is C23H26N6O2S2. The van der Waals surface area contributed by atoms with E-state index in [0.717, 1.165) is 40.2 Å². The largest absolute Gasteiger partial charge is 0.340 e. The van der Waals surface area contributed by atoms with Gasteiger partial charge in [0.05, 0.1) is 5.25 Å². The van der Waals surface area contributed by atoms with Gasteiger partial charge in [-0.1, -0.05) is 12.1 Å². The maximum absolute atomic E-state index is 12.6. The highest BCUT2D eigenvalue weighted by molar-refractivity contribution is 7.97. The highest BCUT2D eigenvalue weighted by atomic mass is 32.2. The van der Waals surface area contributed by atoms with E-state index in [1.54, 1.807) is 10.5 Å².